The molecule has 148 valence electrons. The smallest absolute Gasteiger partial charge is 0.274 e. The van der Waals surface area contributed by atoms with Gasteiger partial charge < -0.3 is 15.1 Å². The van der Waals surface area contributed by atoms with Crippen molar-refractivity contribution < 1.29 is 14.4 Å². The van der Waals surface area contributed by atoms with E-state index in [0.717, 1.165) is 10.1 Å². The van der Waals surface area contributed by atoms with Crippen molar-refractivity contribution in [2.45, 2.75) is 6.92 Å². The van der Waals surface area contributed by atoms with E-state index in [-0.39, 0.29) is 17.7 Å². The van der Waals surface area contributed by atoms with Gasteiger partial charge in [-0.05, 0) is 35.8 Å². The minimum absolute atomic E-state index is 0.0952. The Balaban J connectivity index is 1.42. The van der Waals surface area contributed by atoms with Crippen molar-refractivity contribution in [3.63, 3.8) is 0 Å². The maximum Gasteiger partial charge on any atom is 0.274 e. The largest absolute Gasteiger partial charge is 0.335 e. The van der Waals surface area contributed by atoms with Crippen molar-refractivity contribution in [3.8, 4) is 0 Å². The van der Waals surface area contributed by atoms with Crippen molar-refractivity contribution in [2.75, 3.05) is 31.5 Å². The van der Waals surface area contributed by atoms with E-state index in [1.165, 1.54) is 18.5 Å². The number of piperazine rings is 1. The highest BCUT2D eigenvalue weighted by atomic mass is 32.1. The van der Waals surface area contributed by atoms with Crippen LogP contribution in [-0.2, 0) is 4.79 Å². The van der Waals surface area contributed by atoms with Gasteiger partial charge in [-0.3, -0.25) is 14.4 Å². The fourth-order valence-electron chi connectivity index (χ4n) is 3.42. The molecule has 0 saturated carbocycles. The molecule has 1 aliphatic rings. The number of hydrogen-bond acceptors (Lipinski definition) is 5. The Labute approximate surface area is 172 Å². The summed E-state index contributed by atoms with van der Waals surface area (Å²) in [6, 6.07) is 14.6. The Morgan fingerprint density at radius 2 is 1.62 bits per heavy atom. The average molecular weight is 408 g/mol. The van der Waals surface area contributed by atoms with E-state index >= 15 is 0 Å². The minimum Gasteiger partial charge on any atom is -0.335 e. The number of carbonyl (C=O) groups excluding carboxylic acids is 3. The minimum atomic E-state index is -0.184. The van der Waals surface area contributed by atoms with Gasteiger partial charge in [0.15, 0.2) is 0 Å². The summed E-state index contributed by atoms with van der Waals surface area (Å²) in [6.07, 6.45) is 0. The third-order valence-electron chi connectivity index (χ3n) is 4.86. The summed E-state index contributed by atoms with van der Waals surface area (Å²) in [7, 11) is 0. The molecule has 1 fully saturated rings. The molecule has 3 aromatic rings. The lowest BCUT2D eigenvalue weighted by atomic mass is 10.1. The first-order valence-electron chi connectivity index (χ1n) is 9.33. The van der Waals surface area contributed by atoms with Gasteiger partial charge in [-0.15, -0.1) is 0 Å². The monoisotopic (exact) mass is 408 g/mol. The molecule has 0 atom stereocenters. The summed E-state index contributed by atoms with van der Waals surface area (Å²) in [5.41, 5.74) is 1.59. The van der Waals surface area contributed by atoms with Crippen LogP contribution in [0, 0.1) is 0 Å². The third kappa shape index (κ3) is 3.97. The number of benzene rings is 2. The molecule has 2 heterocycles. The quantitative estimate of drug-likeness (QED) is 0.722. The first-order chi connectivity index (χ1) is 14.0. The Bertz CT molecular complexity index is 1090. The lowest BCUT2D eigenvalue weighted by Crippen LogP contribution is -2.50. The Hall–Kier alpha value is -3.26. The molecular formula is C21H20N4O3S. The van der Waals surface area contributed by atoms with Crippen molar-refractivity contribution in [1.29, 1.82) is 0 Å². The lowest BCUT2D eigenvalue weighted by Gasteiger charge is -2.34. The maximum atomic E-state index is 12.9. The number of fused-ring (bicyclic) bond motifs is 1. The number of carbonyl (C=O) groups is 3. The number of aromatic nitrogens is 1. The Kier molecular flexibility index (Phi) is 5.26. The predicted octanol–water partition coefficient (Wildman–Crippen LogP) is 2.85. The topological polar surface area (TPSA) is 82.6 Å². The highest BCUT2D eigenvalue weighted by Crippen LogP contribution is 2.24. The number of nitrogens with one attached hydrogen (secondary N) is 1. The molecule has 0 radical (unpaired) electrons. The second kappa shape index (κ2) is 8.00. The highest BCUT2D eigenvalue weighted by Gasteiger charge is 2.27. The van der Waals surface area contributed by atoms with E-state index in [1.54, 1.807) is 34.1 Å². The summed E-state index contributed by atoms with van der Waals surface area (Å²) in [4.78, 5) is 40.4. The van der Waals surface area contributed by atoms with E-state index in [2.05, 4.69) is 9.69 Å². The van der Waals surface area contributed by atoms with Crippen LogP contribution in [0.15, 0.2) is 48.5 Å². The number of nitrogens with zero attached hydrogens (tertiary/aromatic N) is 3. The summed E-state index contributed by atoms with van der Waals surface area (Å²) in [6.45, 7) is 3.26. The van der Waals surface area contributed by atoms with Crippen molar-refractivity contribution in [2.24, 2.45) is 0 Å². The van der Waals surface area contributed by atoms with E-state index in [1.807, 2.05) is 24.3 Å². The summed E-state index contributed by atoms with van der Waals surface area (Å²) in [5, 5.41) is 3.56. The zero-order valence-electron chi connectivity index (χ0n) is 15.9. The molecule has 0 bridgehead atoms. The third-order valence-corrected chi connectivity index (χ3v) is 5.69. The predicted molar refractivity (Wildman–Crippen MR) is 112 cm³/mol. The van der Waals surface area contributed by atoms with Crippen LogP contribution in [0.3, 0.4) is 0 Å². The van der Waals surface area contributed by atoms with Gasteiger partial charge in [0.25, 0.3) is 11.8 Å². The molecular weight excluding hydrogens is 388 g/mol. The van der Waals surface area contributed by atoms with Crippen LogP contribution in [0.2, 0.25) is 0 Å². The summed E-state index contributed by atoms with van der Waals surface area (Å²) >= 11 is 1.32. The second-order valence-electron chi connectivity index (χ2n) is 6.87. The van der Waals surface area contributed by atoms with Gasteiger partial charge >= 0.3 is 0 Å². The van der Waals surface area contributed by atoms with Crippen LogP contribution in [0.4, 0.5) is 5.69 Å². The molecule has 1 saturated heterocycles. The Morgan fingerprint density at radius 3 is 2.34 bits per heavy atom. The fourth-order valence-corrected chi connectivity index (χ4v) is 4.19. The molecule has 2 aromatic carbocycles. The van der Waals surface area contributed by atoms with E-state index in [0.29, 0.717) is 43.1 Å². The first-order valence-corrected chi connectivity index (χ1v) is 10.1. The zero-order valence-corrected chi connectivity index (χ0v) is 16.7. The fraction of sp³-hybridized carbons (Fsp3) is 0.238. The number of amides is 3. The zero-order chi connectivity index (χ0) is 20.4. The normalized spacial score (nSPS) is 14.1. The standard InChI is InChI=1S/C21H20N4O3S/c1-14(26)22-16-6-4-5-15(13-16)20(27)24-9-11-25(12-10-24)21(28)19-17-7-2-3-8-18(17)29-23-19/h2-8,13H,9-12H2,1H3,(H,22,26). The molecule has 0 unspecified atom stereocenters. The molecule has 1 aliphatic heterocycles. The average Bonchev–Trinajstić information content (AvgIpc) is 3.17. The molecule has 1 aromatic heterocycles. The van der Waals surface area contributed by atoms with E-state index in [9.17, 15) is 14.4 Å². The van der Waals surface area contributed by atoms with Crippen LogP contribution in [0.1, 0.15) is 27.8 Å². The molecule has 3 amide bonds. The van der Waals surface area contributed by atoms with Crippen LogP contribution in [0.5, 0.6) is 0 Å². The van der Waals surface area contributed by atoms with Crippen molar-refractivity contribution >= 4 is 45.0 Å². The van der Waals surface area contributed by atoms with Gasteiger partial charge in [0.1, 0.15) is 5.69 Å². The van der Waals surface area contributed by atoms with Crippen molar-refractivity contribution in [1.82, 2.24) is 14.2 Å². The molecule has 0 aliphatic carbocycles. The second-order valence-corrected chi connectivity index (χ2v) is 7.68. The van der Waals surface area contributed by atoms with Gasteiger partial charge in [-0.25, -0.2) is 0 Å². The molecule has 29 heavy (non-hydrogen) atoms. The van der Waals surface area contributed by atoms with E-state index < -0.39 is 0 Å². The number of anilines is 1. The van der Waals surface area contributed by atoms with Gasteiger partial charge in [-0.1, -0.05) is 24.3 Å². The summed E-state index contributed by atoms with van der Waals surface area (Å²) < 4.78 is 5.33. The first kappa shape index (κ1) is 19.1. The lowest BCUT2D eigenvalue weighted by molar-refractivity contribution is -0.114. The SMILES string of the molecule is CC(=O)Nc1cccc(C(=O)N2CCN(C(=O)c3nsc4ccccc34)CC2)c1. The van der Waals surface area contributed by atoms with Crippen LogP contribution >= 0.6 is 11.5 Å². The molecule has 7 nitrogen and oxygen atoms in total. The van der Waals surface area contributed by atoms with Gasteiger partial charge in [-0.2, -0.15) is 4.37 Å². The molecule has 0 spiro atoms. The van der Waals surface area contributed by atoms with Gasteiger partial charge in [0.2, 0.25) is 5.91 Å². The van der Waals surface area contributed by atoms with Crippen molar-refractivity contribution in [3.05, 3.63) is 59.8 Å². The van der Waals surface area contributed by atoms with Crippen LogP contribution in [-0.4, -0.2) is 58.1 Å². The molecule has 8 heteroatoms. The molecule has 1 N–H and O–H groups in total. The van der Waals surface area contributed by atoms with E-state index in [4.69, 9.17) is 0 Å². The Morgan fingerprint density at radius 1 is 0.931 bits per heavy atom. The van der Waals surface area contributed by atoms with Crippen LogP contribution in [0.25, 0.3) is 10.1 Å². The maximum absolute atomic E-state index is 12.9. The van der Waals surface area contributed by atoms with Gasteiger partial charge in [0.05, 0.1) is 4.70 Å². The number of rotatable bonds is 3. The van der Waals surface area contributed by atoms with Crippen LogP contribution < -0.4 is 5.32 Å². The highest BCUT2D eigenvalue weighted by molar-refractivity contribution is 7.13. The molecule has 4 rings (SSSR count). The number of hydrogen-bond donors (Lipinski definition) is 1. The summed E-state index contributed by atoms with van der Waals surface area (Å²) in [5.74, 6) is -0.387. The van der Waals surface area contributed by atoms with Gasteiger partial charge in [0, 0.05) is 49.7 Å².